The van der Waals surface area contributed by atoms with Gasteiger partial charge in [0.15, 0.2) is 0 Å². The van der Waals surface area contributed by atoms with E-state index in [2.05, 4.69) is 11.9 Å². The highest BCUT2D eigenvalue weighted by Crippen LogP contribution is 2.43. The highest BCUT2D eigenvalue weighted by Gasteiger charge is 2.41. The first kappa shape index (κ1) is 15.9. The van der Waals surface area contributed by atoms with E-state index in [0.29, 0.717) is 30.7 Å². The molecule has 0 unspecified atom stereocenters. The van der Waals surface area contributed by atoms with E-state index < -0.39 is 17.2 Å². The van der Waals surface area contributed by atoms with Crippen molar-refractivity contribution in [3.05, 3.63) is 29.8 Å². The zero-order valence-electron chi connectivity index (χ0n) is 12.6. The molecular formula is C17H24FNO2. The van der Waals surface area contributed by atoms with Crippen LogP contribution in [0.2, 0.25) is 0 Å². The Morgan fingerprint density at radius 2 is 2.14 bits per heavy atom. The molecule has 2 rings (SSSR count). The first-order chi connectivity index (χ1) is 10.1. The maximum absolute atomic E-state index is 13.2. The average molecular weight is 293 g/mol. The number of halogens is 1. The smallest absolute Gasteiger partial charge is 0.309 e. The summed E-state index contributed by atoms with van der Waals surface area (Å²) in [5.41, 5.74) is -0.0533. The summed E-state index contributed by atoms with van der Waals surface area (Å²) in [5.74, 6) is -0.492. The van der Waals surface area contributed by atoms with Gasteiger partial charge in [-0.1, -0.05) is 26.2 Å². The first-order valence-corrected chi connectivity index (χ1v) is 7.88. The van der Waals surface area contributed by atoms with Crippen molar-refractivity contribution in [2.45, 2.75) is 58.3 Å². The van der Waals surface area contributed by atoms with Gasteiger partial charge in [-0.2, -0.15) is 0 Å². The summed E-state index contributed by atoms with van der Waals surface area (Å²) in [6.07, 6.45) is 10.0. The normalized spacial score (nSPS) is 25.7. The number of nitrogens with zero attached hydrogens (tertiary/aromatic N) is 1. The Morgan fingerprint density at radius 3 is 2.71 bits per heavy atom. The summed E-state index contributed by atoms with van der Waals surface area (Å²) in [4.78, 5) is 15.6. The third kappa shape index (κ3) is 4.02. The van der Waals surface area contributed by atoms with Crippen LogP contribution in [0.5, 0.6) is 0 Å². The lowest BCUT2D eigenvalue weighted by Crippen LogP contribution is -2.37. The Balaban J connectivity index is 2.04. The number of carbonyl (C=O) groups is 1. The van der Waals surface area contributed by atoms with Crippen molar-refractivity contribution >= 4 is 5.97 Å². The number of unbranched alkanes of at least 4 members (excludes halogenated alkanes) is 1. The van der Waals surface area contributed by atoms with E-state index in [1.165, 1.54) is 25.3 Å². The summed E-state index contributed by atoms with van der Waals surface area (Å²) in [7, 11) is 0. The number of aliphatic carboxylic acids is 1. The summed E-state index contributed by atoms with van der Waals surface area (Å²) in [6, 6.07) is 1.40. The quantitative estimate of drug-likeness (QED) is 0.854. The van der Waals surface area contributed by atoms with Crippen molar-refractivity contribution in [2.75, 3.05) is 0 Å². The molecule has 0 radical (unpaired) electrons. The van der Waals surface area contributed by atoms with E-state index in [4.69, 9.17) is 0 Å². The minimum Gasteiger partial charge on any atom is -0.481 e. The second kappa shape index (κ2) is 7.01. The van der Waals surface area contributed by atoms with Gasteiger partial charge < -0.3 is 5.11 Å². The van der Waals surface area contributed by atoms with Gasteiger partial charge in [-0.05, 0) is 49.7 Å². The number of hydrogen-bond acceptors (Lipinski definition) is 2. The lowest BCUT2D eigenvalue weighted by Gasteiger charge is -2.37. The fourth-order valence-corrected chi connectivity index (χ4v) is 3.42. The molecule has 1 aliphatic rings. The number of carboxylic acids is 1. The minimum absolute atomic E-state index is 0.383. The molecule has 0 saturated heterocycles. The third-order valence-corrected chi connectivity index (χ3v) is 4.79. The largest absolute Gasteiger partial charge is 0.481 e. The van der Waals surface area contributed by atoms with Crippen LogP contribution in [0.4, 0.5) is 4.39 Å². The Labute approximate surface area is 125 Å². The molecule has 0 aliphatic heterocycles. The highest BCUT2D eigenvalue weighted by atomic mass is 19.1. The molecule has 116 valence electrons. The van der Waals surface area contributed by atoms with Gasteiger partial charge in [0.05, 0.1) is 11.6 Å². The standard InChI is InChI=1S/C17H24FNO2/c1-2-3-4-13-5-7-17(8-6-13,16(20)21)10-14-9-15(18)12-19-11-14/h9,11-13H,2-8,10H2,1H3,(H,20,21). The second-order valence-electron chi connectivity index (χ2n) is 6.36. The van der Waals surface area contributed by atoms with Gasteiger partial charge in [0.2, 0.25) is 0 Å². The Hall–Kier alpha value is -1.45. The molecule has 1 aromatic heterocycles. The van der Waals surface area contributed by atoms with Crippen molar-refractivity contribution < 1.29 is 14.3 Å². The molecule has 1 fully saturated rings. The predicted octanol–water partition coefficient (Wildman–Crippen LogP) is 4.21. The van der Waals surface area contributed by atoms with Gasteiger partial charge >= 0.3 is 5.97 Å². The van der Waals surface area contributed by atoms with Crippen molar-refractivity contribution in [2.24, 2.45) is 11.3 Å². The molecule has 1 saturated carbocycles. The van der Waals surface area contributed by atoms with Gasteiger partial charge in [-0.15, -0.1) is 0 Å². The van der Waals surface area contributed by atoms with Gasteiger partial charge in [-0.25, -0.2) is 4.39 Å². The highest BCUT2D eigenvalue weighted by molar-refractivity contribution is 5.75. The van der Waals surface area contributed by atoms with E-state index in [9.17, 15) is 14.3 Å². The molecule has 3 nitrogen and oxygen atoms in total. The SMILES string of the molecule is CCCCC1CCC(Cc2cncc(F)c2)(C(=O)O)CC1. The van der Waals surface area contributed by atoms with Crippen LogP contribution in [0.25, 0.3) is 0 Å². The predicted molar refractivity (Wildman–Crippen MR) is 79.5 cm³/mol. The van der Waals surface area contributed by atoms with E-state index in [1.807, 2.05) is 0 Å². The van der Waals surface area contributed by atoms with Crippen LogP contribution in [-0.2, 0) is 11.2 Å². The van der Waals surface area contributed by atoms with Gasteiger partial charge in [0, 0.05) is 6.20 Å². The molecule has 0 bridgehead atoms. The average Bonchev–Trinajstić information content (AvgIpc) is 2.46. The van der Waals surface area contributed by atoms with Crippen LogP contribution in [0, 0.1) is 17.2 Å². The first-order valence-electron chi connectivity index (χ1n) is 7.88. The number of carboxylic acid groups (broad SMARTS) is 1. The number of hydrogen-bond donors (Lipinski definition) is 1. The van der Waals surface area contributed by atoms with Crippen molar-refractivity contribution in [3.8, 4) is 0 Å². The lowest BCUT2D eigenvalue weighted by atomic mass is 9.67. The zero-order valence-corrected chi connectivity index (χ0v) is 12.6. The van der Waals surface area contributed by atoms with Crippen LogP contribution in [0.15, 0.2) is 18.5 Å². The molecule has 21 heavy (non-hydrogen) atoms. The van der Waals surface area contributed by atoms with Crippen LogP contribution >= 0.6 is 0 Å². The topological polar surface area (TPSA) is 50.2 Å². The summed E-state index contributed by atoms with van der Waals surface area (Å²) in [6.45, 7) is 2.18. The van der Waals surface area contributed by atoms with Crippen LogP contribution in [0.1, 0.15) is 57.4 Å². The van der Waals surface area contributed by atoms with E-state index in [1.54, 1.807) is 6.20 Å². The van der Waals surface area contributed by atoms with Crippen molar-refractivity contribution in [1.82, 2.24) is 4.98 Å². The van der Waals surface area contributed by atoms with E-state index in [-0.39, 0.29) is 0 Å². The molecule has 0 amide bonds. The minimum atomic E-state index is -0.749. The van der Waals surface area contributed by atoms with Crippen LogP contribution in [0.3, 0.4) is 0 Å². The van der Waals surface area contributed by atoms with Crippen LogP contribution in [-0.4, -0.2) is 16.1 Å². The van der Waals surface area contributed by atoms with Gasteiger partial charge in [-0.3, -0.25) is 9.78 Å². The summed E-state index contributed by atoms with van der Waals surface area (Å²) in [5, 5.41) is 9.67. The molecule has 0 atom stereocenters. The zero-order chi connectivity index (χ0) is 15.3. The van der Waals surface area contributed by atoms with E-state index >= 15 is 0 Å². The summed E-state index contributed by atoms with van der Waals surface area (Å²) >= 11 is 0. The molecule has 4 heteroatoms. The Bertz CT molecular complexity index is 481. The molecule has 0 aromatic carbocycles. The van der Waals surface area contributed by atoms with Crippen molar-refractivity contribution in [3.63, 3.8) is 0 Å². The van der Waals surface area contributed by atoms with Gasteiger partial charge in [0.1, 0.15) is 5.82 Å². The molecule has 1 heterocycles. The molecule has 1 aliphatic carbocycles. The molecule has 1 aromatic rings. The molecule has 1 N–H and O–H groups in total. The number of pyridine rings is 1. The Kier molecular flexibility index (Phi) is 5.32. The fraction of sp³-hybridized carbons (Fsp3) is 0.647. The number of rotatable bonds is 6. The monoisotopic (exact) mass is 293 g/mol. The fourth-order valence-electron chi connectivity index (χ4n) is 3.42. The maximum Gasteiger partial charge on any atom is 0.309 e. The van der Waals surface area contributed by atoms with Crippen molar-refractivity contribution in [1.29, 1.82) is 0 Å². The molecule has 0 spiro atoms. The summed E-state index contributed by atoms with van der Waals surface area (Å²) < 4.78 is 13.2. The maximum atomic E-state index is 13.2. The molecular weight excluding hydrogens is 269 g/mol. The van der Waals surface area contributed by atoms with E-state index in [0.717, 1.165) is 19.0 Å². The lowest BCUT2D eigenvalue weighted by molar-refractivity contribution is -0.151. The number of aromatic nitrogens is 1. The van der Waals surface area contributed by atoms with Crippen LogP contribution < -0.4 is 0 Å². The second-order valence-corrected chi connectivity index (χ2v) is 6.36. The Morgan fingerprint density at radius 1 is 1.43 bits per heavy atom. The third-order valence-electron chi connectivity index (χ3n) is 4.79. The van der Waals surface area contributed by atoms with Gasteiger partial charge in [0.25, 0.3) is 0 Å².